The highest BCUT2D eigenvalue weighted by atomic mass is 79.9. The van der Waals surface area contributed by atoms with Gasteiger partial charge in [0.1, 0.15) is 24.0 Å². The van der Waals surface area contributed by atoms with Crippen molar-refractivity contribution < 1.29 is 19.0 Å². The van der Waals surface area contributed by atoms with Crippen molar-refractivity contribution >= 4 is 44.9 Å². The second kappa shape index (κ2) is 10.0. The summed E-state index contributed by atoms with van der Waals surface area (Å²) in [5, 5.41) is 3.50. The Labute approximate surface area is 189 Å². The predicted octanol–water partition coefficient (Wildman–Crippen LogP) is 4.61. The van der Waals surface area contributed by atoms with Crippen LogP contribution in [0.25, 0.3) is 0 Å². The molecule has 0 amide bonds. The number of rotatable bonds is 7. The number of methoxy groups -OCH3 is 1. The number of nitrogens with one attached hydrogen (secondary N) is 1. The summed E-state index contributed by atoms with van der Waals surface area (Å²) in [5.41, 5.74) is 2.36. The van der Waals surface area contributed by atoms with Gasteiger partial charge in [-0.2, -0.15) is 0 Å². The van der Waals surface area contributed by atoms with Crippen molar-refractivity contribution in [3.63, 3.8) is 0 Å². The molecule has 6 nitrogen and oxygen atoms in total. The summed E-state index contributed by atoms with van der Waals surface area (Å²) in [5.74, 6) is 0.551. The average Bonchev–Trinajstić information content (AvgIpc) is 2.72. The van der Waals surface area contributed by atoms with E-state index in [9.17, 15) is 4.79 Å². The molecule has 0 spiro atoms. The van der Waals surface area contributed by atoms with E-state index in [0.29, 0.717) is 29.8 Å². The largest absolute Gasteiger partial charge is 0.496 e. The summed E-state index contributed by atoms with van der Waals surface area (Å²) in [7, 11) is 1.62. The molecule has 0 saturated carbocycles. The van der Waals surface area contributed by atoms with Crippen LogP contribution in [0, 0.1) is 5.92 Å². The van der Waals surface area contributed by atoms with Crippen molar-refractivity contribution in [2.24, 2.45) is 10.9 Å². The SMILES string of the molecule is CCOC(=O)C1C(C)=NC(=S)NC1c1ccc(OC)c(COc2ccc(Br)cc2)c1. The smallest absolute Gasteiger partial charge is 0.317 e. The number of nitrogens with zero attached hydrogens (tertiary/aromatic N) is 1. The zero-order chi connectivity index (χ0) is 21.7. The monoisotopic (exact) mass is 490 g/mol. The first-order valence-electron chi connectivity index (χ1n) is 9.50. The van der Waals surface area contributed by atoms with Crippen molar-refractivity contribution in [2.75, 3.05) is 13.7 Å². The number of carbonyl (C=O) groups excluding carboxylic acids is 1. The minimum Gasteiger partial charge on any atom is -0.496 e. The van der Waals surface area contributed by atoms with Crippen LogP contribution in [0.5, 0.6) is 11.5 Å². The average molecular weight is 491 g/mol. The van der Waals surface area contributed by atoms with Crippen molar-refractivity contribution in [1.82, 2.24) is 5.32 Å². The molecule has 158 valence electrons. The van der Waals surface area contributed by atoms with Gasteiger partial charge in [0.15, 0.2) is 5.11 Å². The van der Waals surface area contributed by atoms with Gasteiger partial charge in [0.25, 0.3) is 0 Å². The number of esters is 1. The Hall–Kier alpha value is -2.45. The van der Waals surface area contributed by atoms with Crippen LogP contribution in [0.3, 0.4) is 0 Å². The van der Waals surface area contributed by atoms with Crippen LogP contribution >= 0.6 is 28.1 Å². The quantitative estimate of drug-likeness (QED) is 0.451. The van der Waals surface area contributed by atoms with Crippen molar-refractivity contribution in [3.05, 3.63) is 58.1 Å². The Kier molecular flexibility index (Phi) is 7.44. The molecule has 1 aliphatic heterocycles. The van der Waals surface area contributed by atoms with Crippen LogP contribution in [0.15, 0.2) is 51.9 Å². The standard InChI is InChI=1S/C22H23BrN2O4S/c1-4-28-21(26)19-13(2)24-22(30)25-20(19)14-5-10-18(27-3)15(11-14)12-29-17-8-6-16(23)7-9-17/h5-11,19-20H,4,12H2,1-3H3,(H,25,30). The van der Waals surface area contributed by atoms with Gasteiger partial charge in [0, 0.05) is 15.7 Å². The number of aliphatic imine (C=N–C) groups is 1. The van der Waals surface area contributed by atoms with Gasteiger partial charge in [-0.15, -0.1) is 0 Å². The van der Waals surface area contributed by atoms with Gasteiger partial charge in [-0.25, -0.2) is 4.99 Å². The first-order chi connectivity index (χ1) is 14.4. The highest BCUT2D eigenvalue weighted by Gasteiger charge is 2.37. The molecule has 0 bridgehead atoms. The van der Waals surface area contributed by atoms with E-state index >= 15 is 0 Å². The van der Waals surface area contributed by atoms with E-state index in [-0.39, 0.29) is 12.0 Å². The molecule has 1 N–H and O–H groups in total. The fraction of sp³-hybridized carbons (Fsp3) is 0.318. The van der Waals surface area contributed by atoms with E-state index in [4.69, 9.17) is 26.4 Å². The van der Waals surface area contributed by atoms with E-state index in [1.165, 1.54) is 0 Å². The van der Waals surface area contributed by atoms with Crippen LogP contribution in [0.2, 0.25) is 0 Å². The van der Waals surface area contributed by atoms with Crippen molar-refractivity contribution in [3.8, 4) is 11.5 Å². The number of halogens is 1. The fourth-order valence-electron chi connectivity index (χ4n) is 3.33. The zero-order valence-corrected chi connectivity index (χ0v) is 19.4. The van der Waals surface area contributed by atoms with Crippen LogP contribution in [-0.4, -0.2) is 30.5 Å². The number of thiocarbonyl (C=S) groups is 1. The Balaban J connectivity index is 1.89. The summed E-state index contributed by atoms with van der Waals surface area (Å²) in [6.45, 7) is 4.19. The Morgan fingerprint density at radius 3 is 2.63 bits per heavy atom. The van der Waals surface area contributed by atoms with Gasteiger partial charge in [-0.3, -0.25) is 4.79 Å². The molecular formula is C22H23BrN2O4S. The van der Waals surface area contributed by atoms with E-state index < -0.39 is 5.92 Å². The second-order valence-corrected chi connectivity index (χ2v) is 8.03. The van der Waals surface area contributed by atoms with Crippen LogP contribution in [-0.2, 0) is 16.1 Å². The van der Waals surface area contributed by atoms with Crippen LogP contribution < -0.4 is 14.8 Å². The molecule has 0 aliphatic carbocycles. The molecule has 1 heterocycles. The minimum absolute atomic E-state index is 0.300. The molecule has 2 unspecified atom stereocenters. The molecule has 3 rings (SSSR count). The third-order valence-corrected chi connectivity index (χ3v) is 5.49. The summed E-state index contributed by atoms with van der Waals surface area (Å²) in [4.78, 5) is 16.9. The zero-order valence-electron chi connectivity index (χ0n) is 17.0. The van der Waals surface area contributed by atoms with E-state index in [2.05, 4.69) is 26.2 Å². The van der Waals surface area contributed by atoms with E-state index in [1.54, 1.807) is 21.0 Å². The maximum absolute atomic E-state index is 12.6. The lowest BCUT2D eigenvalue weighted by atomic mass is 9.87. The van der Waals surface area contributed by atoms with E-state index in [1.807, 2.05) is 42.5 Å². The number of hydrogen-bond acceptors (Lipinski definition) is 5. The predicted molar refractivity (Wildman–Crippen MR) is 123 cm³/mol. The normalized spacial score (nSPS) is 18.3. The van der Waals surface area contributed by atoms with Gasteiger partial charge in [-0.05, 0) is 68.0 Å². The number of carbonyl (C=O) groups is 1. The van der Waals surface area contributed by atoms with Gasteiger partial charge in [0.2, 0.25) is 0 Å². The molecule has 0 aromatic heterocycles. The topological polar surface area (TPSA) is 69.2 Å². The molecular weight excluding hydrogens is 468 g/mol. The lowest BCUT2D eigenvalue weighted by Gasteiger charge is -2.31. The summed E-state index contributed by atoms with van der Waals surface area (Å²) < 4.78 is 17.7. The minimum atomic E-state index is -0.565. The third kappa shape index (κ3) is 5.17. The summed E-state index contributed by atoms with van der Waals surface area (Å²) in [6.07, 6.45) is 0. The molecule has 2 aromatic rings. The molecule has 2 atom stereocenters. The molecule has 0 radical (unpaired) electrons. The molecule has 0 saturated heterocycles. The molecule has 30 heavy (non-hydrogen) atoms. The van der Waals surface area contributed by atoms with Gasteiger partial charge < -0.3 is 19.5 Å². The molecule has 8 heteroatoms. The molecule has 2 aromatic carbocycles. The maximum atomic E-state index is 12.6. The first kappa shape index (κ1) is 22.2. The first-order valence-corrected chi connectivity index (χ1v) is 10.7. The lowest BCUT2D eigenvalue weighted by molar-refractivity contribution is -0.146. The highest BCUT2D eigenvalue weighted by molar-refractivity contribution is 9.10. The van der Waals surface area contributed by atoms with E-state index in [0.717, 1.165) is 21.3 Å². The summed E-state index contributed by atoms with van der Waals surface area (Å²) in [6, 6.07) is 13.0. The van der Waals surface area contributed by atoms with Crippen molar-refractivity contribution in [1.29, 1.82) is 0 Å². The highest BCUT2D eigenvalue weighted by Crippen LogP contribution is 2.32. The van der Waals surface area contributed by atoms with Gasteiger partial charge in [0.05, 0.1) is 19.8 Å². The Morgan fingerprint density at radius 2 is 1.97 bits per heavy atom. The summed E-state index contributed by atoms with van der Waals surface area (Å²) >= 11 is 8.68. The molecule has 0 fully saturated rings. The Bertz CT molecular complexity index is 962. The molecule has 1 aliphatic rings. The number of benzene rings is 2. The Morgan fingerprint density at radius 1 is 1.23 bits per heavy atom. The van der Waals surface area contributed by atoms with Gasteiger partial charge >= 0.3 is 5.97 Å². The third-order valence-electron chi connectivity index (χ3n) is 4.75. The maximum Gasteiger partial charge on any atom is 0.317 e. The number of ether oxygens (including phenoxy) is 3. The fourth-order valence-corrected chi connectivity index (χ4v) is 3.87. The number of hydrogen-bond donors (Lipinski definition) is 1. The second-order valence-electron chi connectivity index (χ2n) is 6.72. The van der Waals surface area contributed by atoms with Crippen LogP contribution in [0.4, 0.5) is 0 Å². The van der Waals surface area contributed by atoms with Crippen LogP contribution in [0.1, 0.15) is 31.0 Å². The lowest BCUT2D eigenvalue weighted by Crippen LogP contribution is -2.44. The van der Waals surface area contributed by atoms with Crippen molar-refractivity contribution in [2.45, 2.75) is 26.5 Å². The van der Waals surface area contributed by atoms with Gasteiger partial charge in [-0.1, -0.05) is 22.0 Å².